The minimum atomic E-state index is -0.0160. The Morgan fingerprint density at radius 3 is 1.80 bits per heavy atom. The Hall–Kier alpha value is -6.38. The fraction of sp³-hybridized carbons (Fsp3) is 0.132. The molecule has 0 bridgehead atoms. The van der Waals surface area contributed by atoms with Crippen LogP contribution in [-0.2, 0) is 11.8 Å². The summed E-state index contributed by atoms with van der Waals surface area (Å²) in [5, 5.41) is 0. The lowest BCUT2D eigenvalue weighted by molar-refractivity contribution is 0.612. The van der Waals surface area contributed by atoms with Crippen LogP contribution in [-0.4, -0.2) is 0 Å². The second-order valence-electron chi connectivity index (χ2n) is 15.7. The highest BCUT2D eigenvalue weighted by molar-refractivity contribution is 5.82. The average molecular weight is 709 g/mol. The van der Waals surface area contributed by atoms with Gasteiger partial charge in [0.1, 0.15) is 0 Å². The Bertz CT molecular complexity index is 2540. The van der Waals surface area contributed by atoms with Crippen LogP contribution < -0.4 is 9.80 Å². The number of rotatable bonds is 7. The van der Waals surface area contributed by atoms with Crippen molar-refractivity contribution in [2.45, 2.75) is 44.1 Å². The molecule has 2 heteroatoms. The van der Waals surface area contributed by atoms with Crippen molar-refractivity contribution in [3.05, 3.63) is 222 Å². The highest BCUT2D eigenvalue weighted by atomic mass is 15.2. The summed E-state index contributed by atoms with van der Waals surface area (Å²) >= 11 is 0. The van der Waals surface area contributed by atoms with Crippen LogP contribution in [0.15, 0.2) is 200 Å². The van der Waals surface area contributed by atoms with Crippen LogP contribution in [0.3, 0.4) is 0 Å². The van der Waals surface area contributed by atoms with E-state index in [2.05, 4.69) is 218 Å². The van der Waals surface area contributed by atoms with Crippen LogP contribution in [0.1, 0.15) is 54.5 Å². The third-order valence-corrected chi connectivity index (χ3v) is 12.2. The zero-order valence-electron chi connectivity index (χ0n) is 31.4. The smallest absolute Gasteiger partial charge is 0.0632 e. The first kappa shape index (κ1) is 33.2. The van der Waals surface area contributed by atoms with Crippen LogP contribution in [0.25, 0.3) is 22.3 Å². The van der Waals surface area contributed by atoms with Gasteiger partial charge in [0.15, 0.2) is 0 Å². The molecule has 0 fully saturated rings. The fourth-order valence-corrected chi connectivity index (χ4v) is 9.40. The standard InChI is InChI=1S/C53H44N2/c1-53(2)49-19-11-10-18-47(49)48-34-33-46(36-50(48)53)54(43-27-21-38(22-28-43)37-13-5-3-6-14-37)44-29-23-39(24-30-44)40-25-31-45(32-26-40)55-51-20-12-9-17-42(51)35-52(55)41-15-7-4-8-16-41/h3-17,19-34,36,47,52H,18,35H2,1-2H3. The van der Waals surface area contributed by atoms with Gasteiger partial charge in [-0.3, -0.25) is 0 Å². The van der Waals surface area contributed by atoms with E-state index in [-0.39, 0.29) is 11.5 Å². The van der Waals surface area contributed by atoms with E-state index < -0.39 is 0 Å². The van der Waals surface area contributed by atoms with E-state index in [0.29, 0.717) is 5.92 Å². The Morgan fingerprint density at radius 2 is 1.13 bits per heavy atom. The molecule has 1 heterocycles. The van der Waals surface area contributed by atoms with Crippen LogP contribution in [0.2, 0.25) is 0 Å². The lowest BCUT2D eigenvalue weighted by atomic mass is 9.79. The maximum atomic E-state index is 2.51. The summed E-state index contributed by atoms with van der Waals surface area (Å²) in [6.07, 6.45) is 8.99. The maximum Gasteiger partial charge on any atom is 0.0632 e. The molecule has 7 aromatic rings. The maximum absolute atomic E-state index is 2.51. The molecule has 0 radical (unpaired) electrons. The number of benzene rings is 7. The first-order valence-corrected chi connectivity index (χ1v) is 19.6. The van der Waals surface area contributed by atoms with Gasteiger partial charge < -0.3 is 9.80 Å². The Balaban J connectivity index is 0.993. The van der Waals surface area contributed by atoms with Gasteiger partial charge in [0.25, 0.3) is 0 Å². The molecule has 7 aromatic carbocycles. The zero-order valence-corrected chi connectivity index (χ0v) is 31.4. The molecular weight excluding hydrogens is 665 g/mol. The predicted octanol–water partition coefficient (Wildman–Crippen LogP) is 14.2. The molecule has 2 unspecified atom stereocenters. The molecule has 0 spiro atoms. The average Bonchev–Trinajstić information content (AvgIpc) is 3.75. The molecule has 1 aliphatic heterocycles. The number of allylic oxidation sites excluding steroid dienone is 4. The molecular formula is C53H44N2. The third-order valence-electron chi connectivity index (χ3n) is 12.2. The van der Waals surface area contributed by atoms with E-state index >= 15 is 0 Å². The number of para-hydroxylation sites is 1. The minimum Gasteiger partial charge on any atom is -0.333 e. The Kier molecular flexibility index (Phi) is 8.14. The molecule has 10 rings (SSSR count). The number of nitrogens with zero attached hydrogens (tertiary/aromatic N) is 2. The van der Waals surface area contributed by atoms with Gasteiger partial charge in [-0.05, 0) is 112 Å². The number of anilines is 5. The van der Waals surface area contributed by atoms with E-state index in [1.54, 1.807) is 0 Å². The van der Waals surface area contributed by atoms with Gasteiger partial charge in [0.05, 0.1) is 6.04 Å². The van der Waals surface area contributed by atoms with Gasteiger partial charge in [-0.15, -0.1) is 0 Å². The van der Waals surface area contributed by atoms with Crippen LogP contribution in [0.4, 0.5) is 28.4 Å². The molecule has 2 nitrogen and oxygen atoms in total. The summed E-state index contributed by atoms with van der Waals surface area (Å²) in [5.74, 6) is 0.470. The Labute approximate surface area is 325 Å². The SMILES string of the molecule is CC1(C)C2=CC=CCC2c2ccc(N(c3ccc(-c4ccccc4)cc3)c3ccc(-c4ccc(N5c6ccccc6CC5c5ccccc5)cc4)cc3)cc21. The molecule has 0 aromatic heterocycles. The van der Waals surface area contributed by atoms with Crippen molar-refractivity contribution in [1.82, 2.24) is 0 Å². The summed E-state index contributed by atoms with van der Waals surface area (Å²) in [7, 11) is 0. The van der Waals surface area contributed by atoms with Crippen LogP contribution >= 0.6 is 0 Å². The van der Waals surface area contributed by atoms with Gasteiger partial charge in [0.2, 0.25) is 0 Å². The molecule has 0 saturated heterocycles. The number of fused-ring (bicyclic) bond motifs is 4. The van der Waals surface area contributed by atoms with E-state index in [1.165, 1.54) is 67.1 Å². The summed E-state index contributed by atoms with van der Waals surface area (Å²) in [4.78, 5) is 4.93. The molecule has 0 saturated carbocycles. The molecule has 266 valence electrons. The first-order chi connectivity index (χ1) is 27.0. The van der Waals surface area contributed by atoms with Gasteiger partial charge in [-0.2, -0.15) is 0 Å². The second kappa shape index (κ2) is 13.5. The lowest BCUT2D eigenvalue weighted by Gasteiger charge is -2.29. The van der Waals surface area contributed by atoms with Crippen molar-refractivity contribution in [1.29, 1.82) is 0 Å². The highest BCUT2D eigenvalue weighted by Crippen LogP contribution is 2.54. The topological polar surface area (TPSA) is 6.48 Å². The van der Waals surface area contributed by atoms with Crippen molar-refractivity contribution < 1.29 is 0 Å². The van der Waals surface area contributed by atoms with Crippen molar-refractivity contribution in [3.8, 4) is 22.3 Å². The molecule has 0 amide bonds. The second-order valence-corrected chi connectivity index (χ2v) is 15.7. The summed E-state index contributed by atoms with van der Waals surface area (Å²) in [5.41, 5.74) is 18.0. The van der Waals surface area contributed by atoms with E-state index in [9.17, 15) is 0 Å². The van der Waals surface area contributed by atoms with Gasteiger partial charge in [0, 0.05) is 39.8 Å². The molecule has 0 N–H and O–H groups in total. The molecule has 2 aliphatic carbocycles. The van der Waals surface area contributed by atoms with E-state index in [4.69, 9.17) is 0 Å². The van der Waals surface area contributed by atoms with Crippen LogP contribution in [0, 0.1) is 0 Å². The van der Waals surface area contributed by atoms with Crippen LogP contribution in [0.5, 0.6) is 0 Å². The predicted molar refractivity (Wildman–Crippen MR) is 231 cm³/mol. The zero-order chi connectivity index (χ0) is 36.9. The minimum absolute atomic E-state index is 0.0160. The summed E-state index contributed by atoms with van der Waals surface area (Å²) in [6.45, 7) is 4.79. The van der Waals surface area contributed by atoms with E-state index in [0.717, 1.165) is 24.2 Å². The molecule has 2 atom stereocenters. The van der Waals surface area contributed by atoms with Crippen molar-refractivity contribution in [3.63, 3.8) is 0 Å². The molecule has 55 heavy (non-hydrogen) atoms. The van der Waals surface area contributed by atoms with Gasteiger partial charge in [-0.25, -0.2) is 0 Å². The first-order valence-electron chi connectivity index (χ1n) is 19.6. The van der Waals surface area contributed by atoms with Crippen molar-refractivity contribution >= 4 is 28.4 Å². The lowest BCUT2D eigenvalue weighted by Crippen LogP contribution is -2.19. The number of hydrogen-bond donors (Lipinski definition) is 0. The van der Waals surface area contributed by atoms with Gasteiger partial charge >= 0.3 is 0 Å². The molecule has 3 aliphatic rings. The number of hydrogen-bond acceptors (Lipinski definition) is 2. The highest BCUT2D eigenvalue weighted by Gasteiger charge is 2.41. The summed E-state index contributed by atoms with van der Waals surface area (Å²) < 4.78 is 0. The van der Waals surface area contributed by atoms with Crippen molar-refractivity contribution in [2.75, 3.05) is 9.80 Å². The fourth-order valence-electron chi connectivity index (χ4n) is 9.40. The quantitative estimate of drug-likeness (QED) is 0.163. The normalized spacial score (nSPS) is 17.6. The Morgan fingerprint density at radius 1 is 0.564 bits per heavy atom. The third kappa shape index (κ3) is 5.81. The van der Waals surface area contributed by atoms with Gasteiger partial charge in [-0.1, -0.05) is 159 Å². The monoisotopic (exact) mass is 708 g/mol. The van der Waals surface area contributed by atoms with E-state index in [1.807, 2.05) is 0 Å². The van der Waals surface area contributed by atoms with Crippen molar-refractivity contribution in [2.24, 2.45) is 0 Å². The largest absolute Gasteiger partial charge is 0.333 e. The summed E-state index contributed by atoms with van der Waals surface area (Å²) in [6, 6.07) is 65.1.